The lowest BCUT2D eigenvalue weighted by Crippen LogP contribution is -2.34. The molecular formula is C12H14N2O2S. The maximum atomic E-state index is 11.2. The fraction of sp³-hybridized carbons (Fsp3) is 0.417. The van der Waals surface area contributed by atoms with Crippen molar-refractivity contribution in [3.05, 3.63) is 23.8 Å². The van der Waals surface area contributed by atoms with Gasteiger partial charge in [0.2, 0.25) is 5.91 Å². The zero-order valence-corrected chi connectivity index (χ0v) is 10.2. The van der Waals surface area contributed by atoms with E-state index >= 15 is 0 Å². The van der Waals surface area contributed by atoms with Crippen molar-refractivity contribution in [2.24, 2.45) is 0 Å². The SMILES string of the molecule is O=C1CSc2cc(C3COCCN3)ccc2N1. The highest BCUT2D eigenvalue weighted by atomic mass is 32.2. The maximum Gasteiger partial charge on any atom is 0.234 e. The van der Waals surface area contributed by atoms with Gasteiger partial charge in [0.15, 0.2) is 0 Å². The summed E-state index contributed by atoms with van der Waals surface area (Å²) in [6, 6.07) is 6.45. The predicted octanol–water partition coefficient (Wildman–Crippen LogP) is 1.39. The molecule has 0 saturated carbocycles. The standard InChI is InChI=1S/C12H14N2O2S/c15-12-7-17-11-5-8(1-2-9(11)14-12)10-6-16-4-3-13-10/h1-2,5,10,13H,3-4,6-7H2,(H,14,15). The minimum atomic E-state index is 0.0781. The molecule has 1 aromatic carbocycles. The van der Waals surface area contributed by atoms with E-state index in [0.29, 0.717) is 5.75 Å². The summed E-state index contributed by atoms with van der Waals surface area (Å²) in [5.41, 5.74) is 2.15. The van der Waals surface area contributed by atoms with E-state index < -0.39 is 0 Å². The van der Waals surface area contributed by atoms with Gasteiger partial charge in [-0.3, -0.25) is 4.79 Å². The number of anilines is 1. The van der Waals surface area contributed by atoms with Crippen molar-refractivity contribution < 1.29 is 9.53 Å². The van der Waals surface area contributed by atoms with Crippen LogP contribution in [0.4, 0.5) is 5.69 Å². The van der Waals surface area contributed by atoms with Crippen molar-refractivity contribution in [3.63, 3.8) is 0 Å². The molecule has 5 heteroatoms. The smallest absolute Gasteiger partial charge is 0.234 e. The van der Waals surface area contributed by atoms with Gasteiger partial charge in [0.1, 0.15) is 0 Å². The lowest BCUT2D eigenvalue weighted by molar-refractivity contribution is -0.113. The molecule has 1 aromatic rings. The third-order valence-corrected chi connectivity index (χ3v) is 4.02. The molecule has 1 saturated heterocycles. The monoisotopic (exact) mass is 250 g/mol. The van der Waals surface area contributed by atoms with Crippen LogP contribution in [0.15, 0.2) is 23.1 Å². The third kappa shape index (κ3) is 2.31. The number of carbonyl (C=O) groups is 1. The number of benzene rings is 1. The van der Waals surface area contributed by atoms with Gasteiger partial charge in [-0.15, -0.1) is 11.8 Å². The fourth-order valence-corrected chi connectivity index (χ4v) is 2.94. The fourth-order valence-electron chi connectivity index (χ4n) is 2.09. The molecule has 3 rings (SSSR count). The number of fused-ring (bicyclic) bond motifs is 1. The summed E-state index contributed by atoms with van der Waals surface area (Å²) >= 11 is 1.59. The molecule has 90 valence electrons. The molecule has 0 aliphatic carbocycles. The number of rotatable bonds is 1. The Hall–Kier alpha value is -1.04. The topological polar surface area (TPSA) is 50.4 Å². The van der Waals surface area contributed by atoms with E-state index in [2.05, 4.69) is 22.8 Å². The van der Waals surface area contributed by atoms with E-state index in [1.165, 1.54) is 5.56 Å². The Bertz CT molecular complexity index is 444. The van der Waals surface area contributed by atoms with Crippen LogP contribution in [0.1, 0.15) is 11.6 Å². The van der Waals surface area contributed by atoms with Crippen LogP contribution < -0.4 is 10.6 Å². The Balaban J connectivity index is 1.85. The Labute approximate surface area is 104 Å². The molecule has 1 atom stereocenters. The Morgan fingerprint density at radius 1 is 1.41 bits per heavy atom. The molecule has 0 aromatic heterocycles. The molecule has 2 aliphatic heterocycles. The van der Waals surface area contributed by atoms with E-state index in [9.17, 15) is 4.79 Å². The largest absolute Gasteiger partial charge is 0.378 e. The summed E-state index contributed by atoms with van der Waals surface area (Å²) in [6.45, 7) is 2.40. The predicted molar refractivity (Wildman–Crippen MR) is 67.4 cm³/mol. The zero-order chi connectivity index (χ0) is 11.7. The van der Waals surface area contributed by atoms with Crippen LogP contribution in [0.5, 0.6) is 0 Å². The van der Waals surface area contributed by atoms with Gasteiger partial charge in [0, 0.05) is 11.4 Å². The molecule has 0 bridgehead atoms. The molecular weight excluding hydrogens is 236 g/mol. The minimum absolute atomic E-state index is 0.0781. The zero-order valence-electron chi connectivity index (χ0n) is 9.36. The highest BCUT2D eigenvalue weighted by molar-refractivity contribution is 8.00. The Morgan fingerprint density at radius 2 is 2.35 bits per heavy atom. The molecule has 1 unspecified atom stereocenters. The van der Waals surface area contributed by atoms with E-state index in [4.69, 9.17) is 4.74 Å². The van der Waals surface area contributed by atoms with Crippen molar-refractivity contribution >= 4 is 23.4 Å². The van der Waals surface area contributed by atoms with Gasteiger partial charge in [0.05, 0.1) is 30.7 Å². The van der Waals surface area contributed by atoms with Crippen LogP contribution in [-0.4, -0.2) is 31.4 Å². The minimum Gasteiger partial charge on any atom is -0.378 e. The van der Waals surface area contributed by atoms with Crippen molar-refractivity contribution in [2.45, 2.75) is 10.9 Å². The number of nitrogens with one attached hydrogen (secondary N) is 2. The van der Waals surface area contributed by atoms with Gasteiger partial charge >= 0.3 is 0 Å². The van der Waals surface area contributed by atoms with E-state index in [0.717, 1.165) is 30.3 Å². The number of hydrogen-bond acceptors (Lipinski definition) is 4. The molecule has 1 fully saturated rings. The van der Waals surface area contributed by atoms with Gasteiger partial charge in [-0.25, -0.2) is 0 Å². The second kappa shape index (κ2) is 4.68. The number of thioether (sulfide) groups is 1. The van der Waals surface area contributed by atoms with E-state index in [1.54, 1.807) is 11.8 Å². The first-order chi connectivity index (χ1) is 8.33. The van der Waals surface area contributed by atoms with E-state index in [1.807, 2.05) is 6.07 Å². The first kappa shape index (κ1) is 11.1. The summed E-state index contributed by atoms with van der Waals surface area (Å²) < 4.78 is 5.46. The second-order valence-electron chi connectivity index (χ2n) is 4.17. The van der Waals surface area contributed by atoms with Crippen LogP contribution in [0.2, 0.25) is 0 Å². The normalized spacial score (nSPS) is 24.0. The van der Waals surface area contributed by atoms with Crippen molar-refractivity contribution in [1.29, 1.82) is 0 Å². The lowest BCUT2D eigenvalue weighted by Gasteiger charge is -2.25. The van der Waals surface area contributed by atoms with Gasteiger partial charge < -0.3 is 15.4 Å². The second-order valence-corrected chi connectivity index (χ2v) is 5.19. The summed E-state index contributed by atoms with van der Waals surface area (Å²) in [4.78, 5) is 12.4. The van der Waals surface area contributed by atoms with Crippen LogP contribution in [-0.2, 0) is 9.53 Å². The summed E-state index contributed by atoms with van der Waals surface area (Å²) in [7, 11) is 0. The first-order valence-electron chi connectivity index (χ1n) is 5.71. The molecule has 1 amide bonds. The molecule has 0 radical (unpaired) electrons. The highest BCUT2D eigenvalue weighted by Crippen LogP contribution is 2.33. The highest BCUT2D eigenvalue weighted by Gasteiger charge is 2.19. The van der Waals surface area contributed by atoms with Gasteiger partial charge in [-0.2, -0.15) is 0 Å². The first-order valence-corrected chi connectivity index (χ1v) is 6.69. The summed E-state index contributed by atoms with van der Waals surface area (Å²) in [6.07, 6.45) is 0. The average molecular weight is 250 g/mol. The number of morpholine rings is 1. The summed E-state index contributed by atoms with van der Waals surface area (Å²) in [5, 5.41) is 6.31. The average Bonchev–Trinajstić information content (AvgIpc) is 2.39. The van der Waals surface area contributed by atoms with Crippen LogP contribution in [0.3, 0.4) is 0 Å². The van der Waals surface area contributed by atoms with E-state index in [-0.39, 0.29) is 11.9 Å². The van der Waals surface area contributed by atoms with Crippen LogP contribution in [0, 0.1) is 0 Å². The van der Waals surface area contributed by atoms with Crippen molar-refractivity contribution in [2.75, 3.05) is 30.8 Å². The van der Waals surface area contributed by atoms with Gasteiger partial charge in [-0.1, -0.05) is 6.07 Å². The molecule has 17 heavy (non-hydrogen) atoms. The van der Waals surface area contributed by atoms with Gasteiger partial charge in [0.25, 0.3) is 0 Å². The third-order valence-electron chi connectivity index (χ3n) is 2.96. The van der Waals surface area contributed by atoms with Crippen molar-refractivity contribution in [3.8, 4) is 0 Å². The number of hydrogen-bond donors (Lipinski definition) is 2. The van der Waals surface area contributed by atoms with Gasteiger partial charge in [-0.05, 0) is 17.7 Å². The van der Waals surface area contributed by atoms with Crippen LogP contribution in [0.25, 0.3) is 0 Å². The molecule has 0 spiro atoms. The quantitative estimate of drug-likeness (QED) is 0.791. The maximum absolute atomic E-state index is 11.2. The Kier molecular flexibility index (Phi) is 3.05. The number of carbonyl (C=O) groups excluding carboxylic acids is 1. The molecule has 2 N–H and O–H groups in total. The molecule has 2 heterocycles. The van der Waals surface area contributed by atoms with Crippen molar-refractivity contribution in [1.82, 2.24) is 5.32 Å². The number of ether oxygens (including phenoxy) is 1. The molecule has 2 aliphatic rings. The summed E-state index contributed by atoms with van der Waals surface area (Å²) in [5.74, 6) is 0.583. The number of amides is 1. The van der Waals surface area contributed by atoms with Crippen LogP contribution >= 0.6 is 11.8 Å². The molecule has 4 nitrogen and oxygen atoms in total. The Morgan fingerprint density at radius 3 is 3.18 bits per heavy atom. The lowest BCUT2D eigenvalue weighted by atomic mass is 10.1.